The van der Waals surface area contributed by atoms with Crippen molar-refractivity contribution >= 4 is 53.3 Å². The van der Waals surface area contributed by atoms with Gasteiger partial charge in [-0.3, -0.25) is 9.59 Å². The number of aromatic nitrogens is 3. The minimum Gasteiger partial charge on any atom is -0.391 e. The van der Waals surface area contributed by atoms with Crippen molar-refractivity contribution in [3.8, 4) is 0 Å². The maximum atomic E-state index is 13.4. The van der Waals surface area contributed by atoms with Gasteiger partial charge in [-0.05, 0) is 49.2 Å². The Labute approximate surface area is 258 Å². The number of nitrogens with two attached hydrogens (primary N) is 3. The molecule has 2 saturated heterocycles. The number of benzene rings is 2. The maximum absolute atomic E-state index is 13.4. The van der Waals surface area contributed by atoms with Gasteiger partial charge in [0.15, 0.2) is 17.4 Å². The van der Waals surface area contributed by atoms with E-state index < -0.39 is 35.8 Å². The summed E-state index contributed by atoms with van der Waals surface area (Å²) in [6.45, 7) is 1.67. The second kappa shape index (κ2) is 14.2. The average molecular weight is 633 g/mol. The van der Waals surface area contributed by atoms with Crippen LogP contribution in [-0.2, 0) is 4.79 Å². The van der Waals surface area contributed by atoms with E-state index in [1.54, 1.807) is 24.3 Å². The molecule has 4 atom stereocenters. The predicted molar refractivity (Wildman–Crippen MR) is 164 cm³/mol. The molecule has 9 N–H and O–H groups in total. The summed E-state index contributed by atoms with van der Waals surface area (Å²) in [5.41, 5.74) is 19.2. The normalized spacial score (nSPS) is 21.5. The standard InChI is InChI=1S/C28H34F2N10O3.ClH/c29-22-6-5-19(8-23(22)30)34-25(43)10-24(42)15-1-3-18(4-2-15)35-26-36-27(39-12-16(32)7-17(33)13-39)38-28(37-26)40-14-21(41)9-20(40)11-31;/h1-6,8,16-17,20-21,41H,7,9-14,31-33H2,(H,34,43)(H,35,36,37,38);1H/t16-,17+,20-,21-;/m0./s1. The molecule has 16 heteroatoms. The molecule has 2 fully saturated rings. The summed E-state index contributed by atoms with van der Waals surface area (Å²) in [4.78, 5) is 42.6. The minimum atomic E-state index is -1.11. The number of carbonyl (C=O) groups is 2. The van der Waals surface area contributed by atoms with Gasteiger partial charge in [-0.1, -0.05) is 0 Å². The van der Waals surface area contributed by atoms with Crippen LogP contribution in [0.2, 0.25) is 0 Å². The van der Waals surface area contributed by atoms with E-state index in [2.05, 4.69) is 25.6 Å². The minimum absolute atomic E-state index is 0. The van der Waals surface area contributed by atoms with E-state index >= 15 is 0 Å². The number of halogens is 3. The number of nitrogens with zero attached hydrogens (tertiary/aromatic N) is 5. The van der Waals surface area contributed by atoms with Gasteiger partial charge in [-0.25, -0.2) is 8.78 Å². The Bertz CT molecular complexity index is 1470. The molecule has 0 saturated carbocycles. The molecule has 1 amide bonds. The third-order valence-electron chi connectivity index (χ3n) is 7.32. The molecule has 1 aromatic heterocycles. The highest BCUT2D eigenvalue weighted by Gasteiger charge is 2.33. The van der Waals surface area contributed by atoms with Crippen LogP contribution in [0.4, 0.5) is 38.0 Å². The van der Waals surface area contributed by atoms with Gasteiger partial charge in [0.25, 0.3) is 0 Å². The zero-order valence-corrected chi connectivity index (χ0v) is 24.5. The summed E-state index contributed by atoms with van der Waals surface area (Å²) >= 11 is 0. The number of anilines is 5. The monoisotopic (exact) mass is 632 g/mol. The number of aliphatic hydroxyl groups is 1. The van der Waals surface area contributed by atoms with Crippen molar-refractivity contribution in [1.82, 2.24) is 15.0 Å². The van der Waals surface area contributed by atoms with Crippen molar-refractivity contribution < 1.29 is 23.5 Å². The molecule has 0 bridgehead atoms. The SMILES string of the molecule is Cl.NC[C@@H]1C[C@H](O)CN1c1nc(Nc2ccc(C(=O)CC(=O)Nc3ccc(F)c(F)c3)cc2)nc(N2C[C@H](N)C[C@H](N)C2)n1. The number of amides is 1. The predicted octanol–water partition coefficient (Wildman–Crippen LogP) is 1.29. The quantitative estimate of drug-likeness (QED) is 0.146. The van der Waals surface area contributed by atoms with Crippen molar-refractivity contribution in [3.63, 3.8) is 0 Å². The molecule has 0 unspecified atom stereocenters. The van der Waals surface area contributed by atoms with Crippen molar-refractivity contribution in [2.75, 3.05) is 46.6 Å². The van der Waals surface area contributed by atoms with E-state index in [4.69, 9.17) is 17.2 Å². The Morgan fingerprint density at radius 1 is 0.909 bits per heavy atom. The Kier molecular flexibility index (Phi) is 10.6. The fourth-order valence-corrected chi connectivity index (χ4v) is 5.28. The molecule has 0 aliphatic carbocycles. The largest absolute Gasteiger partial charge is 0.391 e. The van der Waals surface area contributed by atoms with Gasteiger partial charge in [-0.15, -0.1) is 12.4 Å². The first-order valence-corrected chi connectivity index (χ1v) is 13.9. The molecule has 236 valence electrons. The summed E-state index contributed by atoms with van der Waals surface area (Å²) in [5.74, 6) is -2.31. The number of hydrogen-bond acceptors (Lipinski definition) is 12. The van der Waals surface area contributed by atoms with Crippen LogP contribution < -0.4 is 37.6 Å². The number of rotatable bonds is 9. The summed E-state index contributed by atoms with van der Waals surface area (Å²) < 4.78 is 26.5. The van der Waals surface area contributed by atoms with Crippen molar-refractivity contribution in [2.45, 2.75) is 43.5 Å². The van der Waals surface area contributed by atoms with Crippen LogP contribution in [0.3, 0.4) is 0 Å². The van der Waals surface area contributed by atoms with Gasteiger partial charge in [0, 0.05) is 67.3 Å². The first kappa shape index (κ1) is 32.9. The van der Waals surface area contributed by atoms with Gasteiger partial charge in [0.1, 0.15) is 0 Å². The molecule has 13 nitrogen and oxygen atoms in total. The van der Waals surface area contributed by atoms with Gasteiger partial charge < -0.3 is 42.7 Å². The molecule has 2 aliphatic rings. The second-order valence-electron chi connectivity index (χ2n) is 10.8. The maximum Gasteiger partial charge on any atom is 0.233 e. The third-order valence-corrected chi connectivity index (χ3v) is 7.32. The van der Waals surface area contributed by atoms with Crippen LogP contribution >= 0.6 is 12.4 Å². The number of Topliss-reactive ketones (excluding diaryl/α,β-unsaturated/α-hetero) is 1. The fourth-order valence-electron chi connectivity index (χ4n) is 5.28. The van der Waals surface area contributed by atoms with Crippen LogP contribution in [-0.4, -0.2) is 82.2 Å². The Morgan fingerprint density at radius 2 is 1.57 bits per heavy atom. The molecular formula is C28H35ClF2N10O3. The highest BCUT2D eigenvalue weighted by atomic mass is 35.5. The van der Waals surface area contributed by atoms with Crippen LogP contribution in [0.5, 0.6) is 0 Å². The molecular weight excluding hydrogens is 598 g/mol. The summed E-state index contributed by atoms with van der Waals surface area (Å²) in [7, 11) is 0. The molecule has 44 heavy (non-hydrogen) atoms. The number of ketones is 1. The molecule has 3 heterocycles. The molecule has 5 rings (SSSR count). The van der Waals surface area contributed by atoms with Gasteiger partial charge in [0.2, 0.25) is 23.8 Å². The van der Waals surface area contributed by atoms with Gasteiger partial charge in [-0.2, -0.15) is 15.0 Å². The smallest absolute Gasteiger partial charge is 0.233 e. The lowest BCUT2D eigenvalue weighted by Gasteiger charge is -2.35. The van der Waals surface area contributed by atoms with E-state index in [0.29, 0.717) is 56.6 Å². The Morgan fingerprint density at radius 3 is 2.23 bits per heavy atom. The van der Waals surface area contributed by atoms with Crippen LogP contribution in [0, 0.1) is 11.6 Å². The van der Waals surface area contributed by atoms with E-state index in [9.17, 15) is 23.5 Å². The van der Waals surface area contributed by atoms with Gasteiger partial charge in [0.05, 0.1) is 12.5 Å². The van der Waals surface area contributed by atoms with Crippen LogP contribution in [0.25, 0.3) is 0 Å². The number of β-amino-alcohol motifs (C(OH)–C–C–N with tert-alkyl or cyclic N) is 1. The second-order valence-corrected chi connectivity index (χ2v) is 10.8. The first-order valence-electron chi connectivity index (χ1n) is 13.9. The zero-order valence-electron chi connectivity index (χ0n) is 23.7. The molecule has 2 aliphatic heterocycles. The van der Waals surface area contributed by atoms with Crippen LogP contribution in [0.15, 0.2) is 42.5 Å². The molecule has 0 spiro atoms. The van der Waals surface area contributed by atoms with E-state index in [1.807, 2.05) is 9.80 Å². The number of nitrogens with one attached hydrogen (secondary N) is 2. The summed E-state index contributed by atoms with van der Waals surface area (Å²) in [6.07, 6.45) is 0.125. The van der Waals surface area contributed by atoms with Crippen molar-refractivity contribution in [3.05, 3.63) is 59.7 Å². The fraction of sp³-hybridized carbons (Fsp3) is 0.393. The van der Waals surface area contributed by atoms with Gasteiger partial charge >= 0.3 is 0 Å². The molecule has 0 radical (unpaired) electrons. The lowest BCUT2D eigenvalue weighted by Crippen LogP contribution is -2.53. The molecule has 3 aromatic rings. The number of aliphatic hydroxyl groups excluding tert-OH is 1. The topological polar surface area (TPSA) is 202 Å². The lowest BCUT2D eigenvalue weighted by molar-refractivity contribution is -0.115. The Balaban J connectivity index is 0.00000442. The van der Waals surface area contributed by atoms with Crippen molar-refractivity contribution in [2.24, 2.45) is 17.2 Å². The summed E-state index contributed by atoms with van der Waals surface area (Å²) in [6, 6.07) is 8.86. The first-order chi connectivity index (χ1) is 20.6. The summed E-state index contributed by atoms with van der Waals surface area (Å²) in [5, 5.41) is 15.8. The van der Waals surface area contributed by atoms with Crippen LogP contribution in [0.1, 0.15) is 29.6 Å². The highest BCUT2D eigenvalue weighted by Crippen LogP contribution is 2.27. The number of piperidine rings is 1. The highest BCUT2D eigenvalue weighted by molar-refractivity contribution is 6.11. The number of hydrogen-bond donors (Lipinski definition) is 6. The van der Waals surface area contributed by atoms with E-state index in [0.717, 1.165) is 12.1 Å². The Hall–Kier alpha value is -4.02. The molecule has 2 aromatic carbocycles. The third kappa shape index (κ3) is 7.92. The number of carbonyl (C=O) groups excluding carboxylic acids is 2. The van der Waals surface area contributed by atoms with Crippen molar-refractivity contribution in [1.29, 1.82) is 0 Å². The van der Waals surface area contributed by atoms with E-state index in [1.165, 1.54) is 6.07 Å². The lowest BCUT2D eigenvalue weighted by atomic mass is 10.0. The zero-order chi connectivity index (χ0) is 30.7. The van der Waals surface area contributed by atoms with E-state index in [-0.39, 0.29) is 47.7 Å². The average Bonchev–Trinajstić information content (AvgIpc) is 3.35.